The third-order valence-corrected chi connectivity index (χ3v) is 4.47. The van der Waals surface area contributed by atoms with Crippen molar-refractivity contribution < 1.29 is 9.90 Å². The summed E-state index contributed by atoms with van der Waals surface area (Å²) in [6.07, 6.45) is 1.63. The van der Waals surface area contributed by atoms with Crippen molar-refractivity contribution >= 4 is 50.5 Å². The van der Waals surface area contributed by atoms with Crippen molar-refractivity contribution in [3.63, 3.8) is 0 Å². The fourth-order valence-corrected chi connectivity index (χ4v) is 2.93. The molecule has 0 saturated heterocycles. The van der Waals surface area contributed by atoms with E-state index in [1.54, 1.807) is 36.7 Å². The zero-order valence-electron chi connectivity index (χ0n) is 10.6. The van der Waals surface area contributed by atoms with E-state index < -0.39 is 5.60 Å². The summed E-state index contributed by atoms with van der Waals surface area (Å²) in [4.78, 5) is 15.6. The maximum atomic E-state index is 11.5. The molecular formula is C13H12BrClN2O2S. The molecule has 0 saturated carbocycles. The standard InChI is InChI=1S/C13H12BrClN2O2S/c1-13(19,12-16-4-5-20-12)9-6-8(14)2-3-10(9)17-11(18)7-15/h2-6,19H,7H2,1H3,(H,17,18). The number of nitrogens with one attached hydrogen (secondary N) is 1. The molecule has 2 aromatic rings. The molecule has 1 aromatic carbocycles. The zero-order valence-corrected chi connectivity index (χ0v) is 13.7. The number of thiazole rings is 1. The van der Waals surface area contributed by atoms with E-state index in [1.807, 2.05) is 0 Å². The molecule has 0 spiro atoms. The molecule has 1 heterocycles. The van der Waals surface area contributed by atoms with Crippen molar-refractivity contribution in [1.29, 1.82) is 0 Å². The van der Waals surface area contributed by atoms with Crippen LogP contribution in [0.3, 0.4) is 0 Å². The Balaban J connectivity index is 2.49. The van der Waals surface area contributed by atoms with Crippen LogP contribution in [0.4, 0.5) is 5.69 Å². The summed E-state index contributed by atoms with van der Waals surface area (Å²) in [5.74, 6) is -0.472. The van der Waals surface area contributed by atoms with Crippen molar-refractivity contribution in [2.24, 2.45) is 0 Å². The van der Waals surface area contributed by atoms with Crippen LogP contribution in [0.15, 0.2) is 34.2 Å². The Bertz CT molecular complexity index is 617. The van der Waals surface area contributed by atoms with E-state index in [-0.39, 0.29) is 11.8 Å². The smallest absolute Gasteiger partial charge is 0.239 e. The summed E-state index contributed by atoms with van der Waals surface area (Å²) in [5, 5.41) is 15.8. The number of anilines is 1. The van der Waals surface area contributed by atoms with Crippen LogP contribution in [0.25, 0.3) is 0 Å². The normalized spacial score (nSPS) is 13.8. The number of halogens is 2. The van der Waals surface area contributed by atoms with E-state index in [9.17, 15) is 9.90 Å². The molecule has 2 N–H and O–H groups in total. The van der Waals surface area contributed by atoms with Crippen molar-refractivity contribution in [2.75, 3.05) is 11.2 Å². The Labute approximate surface area is 133 Å². The van der Waals surface area contributed by atoms with Crippen molar-refractivity contribution in [3.05, 3.63) is 44.8 Å². The number of amides is 1. The van der Waals surface area contributed by atoms with Gasteiger partial charge in [-0.3, -0.25) is 4.79 Å². The first-order valence-corrected chi connectivity index (χ1v) is 7.94. The first-order valence-electron chi connectivity index (χ1n) is 5.73. The maximum Gasteiger partial charge on any atom is 0.239 e. The van der Waals surface area contributed by atoms with E-state index in [1.165, 1.54) is 11.3 Å². The molecule has 0 aliphatic heterocycles. The molecule has 0 aliphatic rings. The predicted molar refractivity (Wildman–Crippen MR) is 84.3 cm³/mol. The van der Waals surface area contributed by atoms with Crippen LogP contribution in [0.5, 0.6) is 0 Å². The van der Waals surface area contributed by atoms with Crippen molar-refractivity contribution in [1.82, 2.24) is 4.98 Å². The van der Waals surface area contributed by atoms with Crippen molar-refractivity contribution in [2.45, 2.75) is 12.5 Å². The topological polar surface area (TPSA) is 62.2 Å². The highest BCUT2D eigenvalue weighted by Crippen LogP contribution is 2.36. The number of benzene rings is 1. The molecule has 0 radical (unpaired) electrons. The fraction of sp³-hybridized carbons (Fsp3) is 0.231. The van der Waals surface area contributed by atoms with Gasteiger partial charge in [0.05, 0.1) is 0 Å². The van der Waals surface area contributed by atoms with Crippen LogP contribution in [0.2, 0.25) is 0 Å². The van der Waals surface area contributed by atoms with Gasteiger partial charge < -0.3 is 10.4 Å². The average Bonchev–Trinajstić information content (AvgIpc) is 2.95. The van der Waals surface area contributed by atoms with E-state index >= 15 is 0 Å². The molecule has 20 heavy (non-hydrogen) atoms. The first-order chi connectivity index (χ1) is 9.45. The maximum absolute atomic E-state index is 11.5. The summed E-state index contributed by atoms with van der Waals surface area (Å²) >= 11 is 10.2. The van der Waals surface area contributed by atoms with Gasteiger partial charge in [0.2, 0.25) is 5.91 Å². The molecule has 1 aromatic heterocycles. The number of carbonyl (C=O) groups excluding carboxylic acids is 1. The highest BCUT2D eigenvalue weighted by Gasteiger charge is 2.31. The zero-order chi connectivity index (χ0) is 14.8. The average molecular weight is 376 g/mol. The molecule has 0 fully saturated rings. The molecule has 1 amide bonds. The van der Waals surface area contributed by atoms with Crippen LogP contribution >= 0.6 is 38.9 Å². The second-order valence-corrected chi connectivity index (χ2v) is 6.36. The van der Waals surface area contributed by atoms with E-state index in [0.717, 1.165) is 4.47 Å². The molecule has 0 bridgehead atoms. The summed E-state index contributed by atoms with van der Waals surface area (Å²) in [6, 6.07) is 5.25. The van der Waals surface area contributed by atoms with Crippen LogP contribution in [-0.4, -0.2) is 21.9 Å². The second-order valence-electron chi connectivity index (χ2n) is 4.28. The molecule has 106 valence electrons. The number of aromatic nitrogens is 1. The van der Waals surface area contributed by atoms with Crippen molar-refractivity contribution in [3.8, 4) is 0 Å². The highest BCUT2D eigenvalue weighted by atomic mass is 79.9. The van der Waals surface area contributed by atoms with E-state index in [4.69, 9.17) is 11.6 Å². The number of alkyl halides is 1. The summed E-state index contributed by atoms with van der Waals surface area (Å²) in [5.41, 5.74) is -0.230. The minimum Gasteiger partial charge on any atom is -0.378 e. The predicted octanol–water partition coefficient (Wildman–Crippen LogP) is 3.34. The van der Waals surface area contributed by atoms with Crippen LogP contribution in [0, 0.1) is 0 Å². The number of hydrogen-bond acceptors (Lipinski definition) is 4. The van der Waals surface area contributed by atoms with Crippen LogP contribution in [0.1, 0.15) is 17.5 Å². The van der Waals surface area contributed by atoms with Gasteiger partial charge in [0.15, 0.2) is 0 Å². The lowest BCUT2D eigenvalue weighted by Gasteiger charge is -2.24. The summed E-state index contributed by atoms with van der Waals surface area (Å²) in [6.45, 7) is 1.64. The summed E-state index contributed by atoms with van der Waals surface area (Å²) < 4.78 is 0.799. The largest absolute Gasteiger partial charge is 0.378 e. The SMILES string of the molecule is CC(O)(c1nccs1)c1cc(Br)ccc1NC(=O)CCl. The highest BCUT2D eigenvalue weighted by molar-refractivity contribution is 9.10. The first kappa shape index (κ1) is 15.4. The Morgan fingerprint density at radius 3 is 2.95 bits per heavy atom. The Morgan fingerprint density at radius 1 is 1.60 bits per heavy atom. The monoisotopic (exact) mass is 374 g/mol. The molecule has 2 rings (SSSR count). The molecule has 1 atom stereocenters. The lowest BCUT2D eigenvalue weighted by atomic mass is 9.95. The molecule has 1 unspecified atom stereocenters. The minimum absolute atomic E-state index is 0.144. The number of nitrogens with zero attached hydrogens (tertiary/aromatic N) is 1. The van der Waals surface area contributed by atoms with E-state index in [2.05, 4.69) is 26.2 Å². The van der Waals surface area contributed by atoms with Gasteiger partial charge in [-0.2, -0.15) is 0 Å². The number of rotatable bonds is 4. The van der Waals surface area contributed by atoms with Gasteiger partial charge in [0.25, 0.3) is 0 Å². The number of aliphatic hydroxyl groups is 1. The third-order valence-electron chi connectivity index (χ3n) is 2.75. The quantitative estimate of drug-likeness (QED) is 0.806. The van der Waals surface area contributed by atoms with Gasteiger partial charge in [0, 0.05) is 27.3 Å². The molecule has 7 heteroatoms. The number of carbonyl (C=O) groups is 1. The minimum atomic E-state index is -1.30. The Hall–Kier alpha value is -0.950. The summed E-state index contributed by atoms with van der Waals surface area (Å²) in [7, 11) is 0. The van der Waals surface area contributed by atoms with Gasteiger partial charge in [-0.25, -0.2) is 4.98 Å². The van der Waals surface area contributed by atoms with Gasteiger partial charge >= 0.3 is 0 Å². The van der Waals surface area contributed by atoms with E-state index in [0.29, 0.717) is 16.3 Å². The van der Waals surface area contributed by atoms with Gasteiger partial charge in [0.1, 0.15) is 16.5 Å². The van der Waals surface area contributed by atoms with Gasteiger partial charge in [-0.1, -0.05) is 15.9 Å². The Kier molecular flexibility index (Phi) is 4.80. The Morgan fingerprint density at radius 2 is 2.35 bits per heavy atom. The second kappa shape index (κ2) is 6.22. The van der Waals surface area contributed by atoms with Gasteiger partial charge in [-0.05, 0) is 25.1 Å². The molecule has 0 aliphatic carbocycles. The third kappa shape index (κ3) is 3.20. The van der Waals surface area contributed by atoms with Gasteiger partial charge in [-0.15, -0.1) is 22.9 Å². The number of hydrogen-bond donors (Lipinski definition) is 2. The lowest BCUT2D eigenvalue weighted by molar-refractivity contribution is -0.113. The fourth-order valence-electron chi connectivity index (χ4n) is 1.79. The van der Waals surface area contributed by atoms with Crippen LogP contribution < -0.4 is 5.32 Å². The molecular weight excluding hydrogens is 364 g/mol. The van der Waals surface area contributed by atoms with Crippen LogP contribution in [-0.2, 0) is 10.4 Å². The lowest BCUT2D eigenvalue weighted by Crippen LogP contribution is -2.25. The molecule has 4 nitrogen and oxygen atoms in total.